The lowest BCUT2D eigenvalue weighted by Gasteiger charge is -2.13. The van der Waals surface area contributed by atoms with Crippen molar-refractivity contribution in [1.29, 1.82) is 0 Å². The molecule has 0 aromatic carbocycles. The molecule has 0 saturated carbocycles. The van der Waals surface area contributed by atoms with Crippen LogP contribution in [0.25, 0.3) is 10.6 Å². The molecule has 1 aliphatic heterocycles. The summed E-state index contributed by atoms with van der Waals surface area (Å²) < 4.78 is 5.81. The number of aliphatic hydroxyl groups excluding tert-OH is 1. The third kappa shape index (κ3) is 3.26. The minimum Gasteiger partial charge on any atom is -0.391 e. The van der Waals surface area contributed by atoms with Gasteiger partial charge in [-0.3, -0.25) is 4.79 Å². The van der Waals surface area contributed by atoms with Crippen LogP contribution >= 0.6 is 22.9 Å². The molecule has 1 amide bonds. The third-order valence-electron chi connectivity index (χ3n) is 3.39. The maximum absolute atomic E-state index is 12.0. The molecule has 2 unspecified atom stereocenters. The van der Waals surface area contributed by atoms with Gasteiger partial charge in [0.05, 0.1) is 15.3 Å². The van der Waals surface area contributed by atoms with Gasteiger partial charge < -0.3 is 20.3 Å². The summed E-state index contributed by atoms with van der Waals surface area (Å²) in [6.45, 7) is 1.66. The third-order valence-corrected chi connectivity index (χ3v) is 4.63. The van der Waals surface area contributed by atoms with Crippen molar-refractivity contribution in [2.75, 3.05) is 19.6 Å². The van der Waals surface area contributed by atoms with E-state index in [-0.39, 0.29) is 17.5 Å². The Labute approximate surface area is 130 Å². The van der Waals surface area contributed by atoms with Gasteiger partial charge in [0.2, 0.25) is 0 Å². The number of carbonyl (C=O) groups excluding carboxylic acids is 1. The number of carbonyl (C=O) groups is 1. The average Bonchev–Trinajstić information content (AvgIpc) is 3.16. The lowest BCUT2D eigenvalue weighted by Crippen LogP contribution is -2.34. The van der Waals surface area contributed by atoms with Crippen LogP contribution in [0.3, 0.4) is 0 Å². The van der Waals surface area contributed by atoms with Crippen molar-refractivity contribution < 1.29 is 14.4 Å². The molecule has 0 spiro atoms. The molecule has 2 atom stereocenters. The molecule has 3 N–H and O–H groups in total. The van der Waals surface area contributed by atoms with E-state index in [2.05, 4.69) is 15.8 Å². The molecule has 8 heteroatoms. The minimum absolute atomic E-state index is 0.0245. The highest BCUT2D eigenvalue weighted by Gasteiger charge is 2.25. The number of β-amino-alcohol motifs (C(OH)–C–C–N with tert-alkyl or cyclic N) is 1. The minimum atomic E-state index is -0.425. The number of aliphatic hydroxyl groups is 1. The smallest absolute Gasteiger partial charge is 0.273 e. The Morgan fingerprint density at radius 2 is 2.43 bits per heavy atom. The SMILES string of the molecule is O=C(NCC1CNCC1O)c1cc(-c2ccc(Cl)s2)on1. The fourth-order valence-corrected chi connectivity index (χ4v) is 3.18. The molecule has 112 valence electrons. The van der Waals surface area contributed by atoms with Gasteiger partial charge in [0.25, 0.3) is 5.91 Å². The van der Waals surface area contributed by atoms with E-state index in [1.54, 1.807) is 12.1 Å². The first-order chi connectivity index (χ1) is 10.1. The second kappa shape index (κ2) is 6.15. The molecule has 6 nitrogen and oxygen atoms in total. The van der Waals surface area contributed by atoms with E-state index >= 15 is 0 Å². The molecule has 21 heavy (non-hydrogen) atoms. The number of nitrogens with one attached hydrogen (secondary N) is 2. The number of halogens is 1. The normalized spacial score (nSPS) is 21.6. The number of hydrogen-bond acceptors (Lipinski definition) is 6. The van der Waals surface area contributed by atoms with Gasteiger partial charge in [0.1, 0.15) is 0 Å². The van der Waals surface area contributed by atoms with E-state index in [0.29, 0.717) is 29.7 Å². The maximum Gasteiger partial charge on any atom is 0.273 e. The van der Waals surface area contributed by atoms with Crippen molar-refractivity contribution >= 4 is 28.8 Å². The number of hydrogen-bond donors (Lipinski definition) is 3. The summed E-state index contributed by atoms with van der Waals surface area (Å²) in [5, 5.41) is 19.3. The van der Waals surface area contributed by atoms with Crippen molar-refractivity contribution in [1.82, 2.24) is 15.8 Å². The molecular formula is C13H14ClN3O3S. The predicted octanol–water partition coefficient (Wildman–Crippen LogP) is 1.37. The topological polar surface area (TPSA) is 87.4 Å². The largest absolute Gasteiger partial charge is 0.391 e. The summed E-state index contributed by atoms with van der Waals surface area (Å²) in [5.74, 6) is 0.225. The van der Waals surface area contributed by atoms with Crippen molar-refractivity contribution in [3.05, 3.63) is 28.2 Å². The van der Waals surface area contributed by atoms with Gasteiger partial charge in [0, 0.05) is 31.6 Å². The standard InChI is InChI=1S/C13H14ClN3O3S/c14-12-2-1-11(21-12)10-3-8(17-20-10)13(19)16-5-7-4-15-6-9(7)18/h1-3,7,9,15,18H,4-6H2,(H,16,19). The van der Waals surface area contributed by atoms with Gasteiger partial charge in [-0.05, 0) is 12.1 Å². The average molecular weight is 328 g/mol. The van der Waals surface area contributed by atoms with E-state index in [4.69, 9.17) is 16.1 Å². The second-order valence-corrected chi connectivity index (χ2v) is 6.59. The van der Waals surface area contributed by atoms with Crippen LogP contribution in [0.2, 0.25) is 4.34 Å². The molecule has 3 heterocycles. The van der Waals surface area contributed by atoms with E-state index in [0.717, 1.165) is 4.88 Å². The van der Waals surface area contributed by atoms with Crippen LogP contribution in [0.4, 0.5) is 0 Å². The number of rotatable bonds is 4. The van der Waals surface area contributed by atoms with Gasteiger partial charge in [-0.1, -0.05) is 16.8 Å². The van der Waals surface area contributed by atoms with Crippen molar-refractivity contribution in [3.8, 4) is 10.6 Å². The lowest BCUT2D eigenvalue weighted by atomic mass is 10.1. The predicted molar refractivity (Wildman–Crippen MR) is 79.5 cm³/mol. The van der Waals surface area contributed by atoms with Crippen LogP contribution in [0.1, 0.15) is 10.5 Å². The first-order valence-electron chi connectivity index (χ1n) is 6.53. The zero-order valence-electron chi connectivity index (χ0n) is 11.0. The Morgan fingerprint density at radius 1 is 1.57 bits per heavy atom. The molecule has 0 aliphatic carbocycles. The van der Waals surface area contributed by atoms with Crippen LogP contribution in [0.5, 0.6) is 0 Å². The Kier molecular flexibility index (Phi) is 4.25. The highest BCUT2D eigenvalue weighted by Crippen LogP contribution is 2.31. The van der Waals surface area contributed by atoms with Gasteiger partial charge in [-0.15, -0.1) is 11.3 Å². The lowest BCUT2D eigenvalue weighted by molar-refractivity contribution is 0.0918. The Bertz CT molecular complexity index is 642. The zero-order chi connectivity index (χ0) is 14.8. The van der Waals surface area contributed by atoms with Gasteiger partial charge in [-0.2, -0.15) is 0 Å². The molecule has 3 rings (SSSR count). The summed E-state index contributed by atoms with van der Waals surface area (Å²) in [6, 6.07) is 5.16. The Hall–Kier alpha value is -1.41. The highest BCUT2D eigenvalue weighted by atomic mass is 35.5. The molecule has 1 saturated heterocycles. The number of amides is 1. The number of thiophene rings is 1. The summed E-state index contributed by atoms with van der Waals surface area (Å²) in [5.41, 5.74) is 0.218. The van der Waals surface area contributed by atoms with Gasteiger partial charge >= 0.3 is 0 Å². The van der Waals surface area contributed by atoms with E-state index in [1.165, 1.54) is 11.3 Å². The summed E-state index contributed by atoms with van der Waals surface area (Å²) >= 11 is 7.22. The fourth-order valence-electron chi connectivity index (χ4n) is 2.19. The van der Waals surface area contributed by atoms with E-state index in [9.17, 15) is 9.90 Å². The quantitative estimate of drug-likeness (QED) is 0.789. The highest BCUT2D eigenvalue weighted by molar-refractivity contribution is 7.19. The molecule has 0 bridgehead atoms. The van der Waals surface area contributed by atoms with Crippen LogP contribution < -0.4 is 10.6 Å². The molecule has 2 aromatic heterocycles. The van der Waals surface area contributed by atoms with Crippen molar-refractivity contribution in [2.45, 2.75) is 6.10 Å². The first-order valence-corrected chi connectivity index (χ1v) is 7.72. The molecule has 2 aromatic rings. The van der Waals surface area contributed by atoms with Crippen LogP contribution in [0, 0.1) is 5.92 Å². The Morgan fingerprint density at radius 3 is 3.10 bits per heavy atom. The van der Waals surface area contributed by atoms with Crippen LogP contribution in [0.15, 0.2) is 22.7 Å². The summed E-state index contributed by atoms with van der Waals surface area (Å²) in [6.07, 6.45) is -0.425. The maximum atomic E-state index is 12.0. The monoisotopic (exact) mass is 327 g/mol. The first kappa shape index (κ1) is 14.5. The summed E-state index contributed by atoms with van der Waals surface area (Å²) in [7, 11) is 0. The summed E-state index contributed by atoms with van der Waals surface area (Å²) in [4.78, 5) is 12.8. The van der Waals surface area contributed by atoms with Gasteiger partial charge in [-0.25, -0.2) is 0 Å². The zero-order valence-corrected chi connectivity index (χ0v) is 12.6. The van der Waals surface area contributed by atoms with Crippen molar-refractivity contribution in [2.24, 2.45) is 5.92 Å². The molecule has 1 aliphatic rings. The van der Waals surface area contributed by atoms with E-state index in [1.807, 2.05) is 6.07 Å². The number of aromatic nitrogens is 1. The van der Waals surface area contributed by atoms with Crippen LogP contribution in [-0.4, -0.2) is 41.9 Å². The molecule has 1 fully saturated rings. The second-order valence-electron chi connectivity index (χ2n) is 4.88. The molecule has 0 radical (unpaired) electrons. The molecular weight excluding hydrogens is 314 g/mol. The number of nitrogens with zero attached hydrogens (tertiary/aromatic N) is 1. The van der Waals surface area contributed by atoms with Gasteiger partial charge in [0.15, 0.2) is 11.5 Å². The fraction of sp³-hybridized carbons (Fsp3) is 0.385. The Balaban J connectivity index is 1.61. The van der Waals surface area contributed by atoms with Crippen LogP contribution in [-0.2, 0) is 0 Å². The van der Waals surface area contributed by atoms with E-state index < -0.39 is 6.10 Å². The van der Waals surface area contributed by atoms with Crippen molar-refractivity contribution in [3.63, 3.8) is 0 Å².